The first-order chi connectivity index (χ1) is 11.7. The van der Waals surface area contributed by atoms with Crippen LogP contribution in [0.25, 0.3) is 22.1 Å². The fourth-order valence-electron chi connectivity index (χ4n) is 2.55. The van der Waals surface area contributed by atoms with E-state index in [-0.39, 0.29) is 0 Å². The van der Waals surface area contributed by atoms with Crippen LogP contribution >= 0.6 is 0 Å². The number of H-pyrrole nitrogens is 1. The Morgan fingerprint density at radius 3 is 2.62 bits per heavy atom. The number of aromatic amines is 1. The third-order valence-corrected chi connectivity index (χ3v) is 3.83. The van der Waals surface area contributed by atoms with Gasteiger partial charge in [0, 0.05) is 10.9 Å². The van der Waals surface area contributed by atoms with Crippen molar-refractivity contribution in [2.45, 2.75) is 13.8 Å². The van der Waals surface area contributed by atoms with E-state index in [4.69, 9.17) is 0 Å². The van der Waals surface area contributed by atoms with Crippen LogP contribution in [0.5, 0.6) is 0 Å². The van der Waals surface area contributed by atoms with Gasteiger partial charge in [0.2, 0.25) is 0 Å². The maximum absolute atomic E-state index is 4.43. The van der Waals surface area contributed by atoms with E-state index >= 15 is 0 Å². The molecular formula is C18H16N6. The van der Waals surface area contributed by atoms with Crippen molar-refractivity contribution in [2.75, 3.05) is 5.43 Å². The van der Waals surface area contributed by atoms with Crippen molar-refractivity contribution in [1.82, 2.24) is 20.2 Å². The molecule has 4 rings (SSSR count). The molecule has 4 aromatic rings. The molecule has 0 saturated heterocycles. The van der Waals surface area contributed by atoms with Crippen molar-refractivity contribution in [1.29, 1.82) is 0 Å². The molecule has 0 fully saturated rings. The van der Waals surface area contributed by atoms with E-state index in [1.807, 2.05) is 30.3 Å². The van der Waals surface area contributed by atoms with Crippen LogP contribution < -0.4 is 5.43 Å². The Morgan fingerprint density at radius 1 is 1.00 bits per heavy atom. The van der Waals surface area contributed by atoms with Crippen LogP contribution in [-0.2, 0) is 0 Å². The summed E-state index contributed by atoms with van der Waals surface area (Å²) in [7, 11) is 0. The molecule has 0 amide bonds. The van der Waals surface area contributed by atoms with Gasteiger partial charge < -0.3 is 4.98 Å². The van der Waals surface area contributed by atoms with Gasteiger partial charge in [0.25, 0.3) is 5.95 Å². The predicted octanol–water partition coefficient (Wildman–Crippen LogP) is 3.57. The molecule has 0 unspecified atom stereocenters. The number of rotatable bonds is 3. The topological polar surface area (TPSA) is 78.8 Å². The predicted molar refractivity (Wildman–Crippen MR) is 96.3 cm³/mol. The molecule has 0 spiro atoms. The number of aryl methyl sites for hydroxylation is 2. The van der Waals surface area contributed by atoms with Crippen molar-refractivity contribution < 1.29 is 0 Å². The number of hydrazone groups is 1. The van der Waals surface area contributed by atoms with Crippen LogP contribution in [0.4, 0.5) is 5.95 Å². The summed E-state index contributed by atoms with van der Waals surface area (Å²) in [4.78, 5) is 7.69. The number of nitrogens with zero attached hydrogens (tertiary/aromatic N) is 4. The first-order valence-corrected chi connectivity index (χ1v) is 7.67. The number of fused-ring (bicyclic) bond motifs is 3. The lowest BCUT2D eigenvalue weighted by molar-refractivity contribution is 1.01. The van der Waals surface area contributed by atoms with E-state index in [2.05, 4.69) is 56.7 Å². The van der Waals surface area contributed by atoms with E-state index in [1.165, 1.54) is 11.1 Å². The van der Waals surface area contributed by atoms with Crippen molar-refractivity contribution in [2.24, 2.45) is 5.10 Å². The summed E-state index contributed by atoms with van der Waals surface area (Å²) in [6.07, 6.45) is 1.72. The number of anilines is 1. The first kappa shape index (κ1) is 14.3. The van der Waals surface area contributed by atoms with Crippen LogP contribution in [0.1, 0.15) is 16.7 Å². The Balaban J connectivity index is 1.60. The lowest BCUT2D eigenvalue weighted by Crippen LogP contribution is -1.99. The second-order valence-electron chi connectivity index (χ2n) is 5.79. The van der Waals surface area contributed by atoms with E-state index in [0.717, 1.165) is 22.0 Å². The Bertz CT molecular complexity index is 1050. The second kappa shape index (κ2) is 5.73. The molecular weight excluding hydrogens is 300 g/mol. The van der Waals surface area contributed by atoms with Crippen LogP contribution in [0, 0.1) is 13.8 Å². The smallest absolute Gasteiger partial charge is 0.265 e. The molecule has 2 aromatic carbocycles. The van der Waals surface area contributed by atoms with Gasteiger partial charge in [-0.3, -0.25) is 0 Å². The lowest BCUT2D eigenvalue weighted by atomic mass is 10.2. The molecule has 0 saturated carbocycles. The minimum absolute atomic E-state index is 0.356. The third-order valence-electron chi connectivity index (χ3n) is 3.83. The lowest BCUT2D eigenvalue weighted by Gasteiger charge is -1.98. The SMILES string of the molecule is Cc1ccc(/C=N/Nc2nnc3c(n2)[nH]c2ccc(C)cc23)cc1. The normalized spacial score (nSPS) is 11.6. The van der Waals surface area contributed by atoms with Crippen molar-refractivity contribution in [3.8, 4) is 0 Å². The van der Waals surface area contributed by atoms with Gasteiger partial charge in [-0.25, -0.2) is 5.43 Å². The fourth-order valence-corrected chi connectivity index (χ4v) is 2.55. The van der Waals surface area contributed by atoms with Crippen molar-refractivity contribution in [3.05, 3.63) is 59.2 Å². The van der Waals surface area contributed by atoms with Gasteiger partial charge in [0.1, 0.15) is 5.52 Å². The maximum atomic E-state index is 4.43. The Kier molecular flexibility index (Phi) is 3.42. The molecule has 0 atom stereocenters. The van der Waals surface area contributed by atoms with Crippen LogP contribution in [0.15, 0.2) is 47.6 Å². The van der Waals surface area contributed by atoms with Crippen LogP contribution in [0.2, 0.25) is 0 Å². The first-order valence-electron chi connectivity index (χ1n) is 7.67. The highest BCUT2D eigenvalue weighted by Crippen LogP contribution is 2.23. The zero-order valence-corrected chi connectivity index (χ0v) is 13.4. The highest BCUT2D eigenvalue weighted by molar-refractivity contribution is 6.03. The summed E-state index contributed by atoms with van der Waals surface area (Å²) < 4.78 is 0. The molecule has 6 nitrogen and oxygen atoms in total. The summed E-state index contributed by atoms with van der Waals surface area (Å²) in [6.45, 7) is 4.10. The van der Waals surface area contributed by atoms with Crippen LogP contribution in [0.3, 0.4) is 0 Å². The summed E-state index contributed by atoms with van der Waals surface area (Å²) in [5.41, 5.74) is 8.67. The Hall–Kier alpha value is -3.28. The Labute approximate surface area is 138 Å². The number of nitrogens with one attached hydrogen (secondary N) is 2. The van der Waals surface area contributed by atoms with E-state index in [9.17, 15) is 0 Å². The quantitative estimate of drug-likeness (QED) is 0.447. The molecule has 2 aromatic heterocycles. The summed E-state index contributed by atoms with van der Waals surface area (Å²) in [5.74, 6) is 0.356. The standard InChI is InChI=1S/C18H16N6/c1-11-3-6-13(7-4-11)10-19-23-18-21-17-16(22-24-18)14-9-12(2)5-8-15(14)20-17/h3-10H,1-2H3,(H2,20,21,23,24)/b19-10+. The van der Waals surface area contributed by atoms with Gasteiger partial charge in [-0.1, -0.05) is 41.5 Å². The highest BCUT2D eigenvalue weighted by atomic mass is 15.4. The molecule has 0 aliphatic carbocycles. The number of aromatic nitrogens is 4. The summed E-state index contributed by atoms with van der Waals surface area (Å²) in [6, 6.07) is 14.2. The van der Waals surface area contributed by atoms with Gasteiger partial charge in [-0.15, -0.1) is 10.2 Å². The monoisotopic (exact) mass is 316 g/mol. The minimum Gasteiger partial charge on any atom is -0.338 e. The molecule has 2 heterocycles. The zero-order chi connectivity index (χ0) is 16.5. The molecule has 0 bridgehead atoms. The fraction of sp³-hybridized carbons (Fsp3) is 0.111. The summed E-state index contributed by atoms with van der Waals surface area (Å²) in [5, 5.41) is 13.6. The van der Waals surface area contributed by atoms with Gasteiger partial charge >= 0.3 is 0 Å². The average molecular weight is 316 g/mol. The van der Waals surface area contributed by atoms with Gasteiger partial charge in [-0.05, 0) is 31.5 Å². The second-order valence-corrected chi connectivity index (χ2v) is 5.79. The number of hydrogen-bond acceptors (Lipinski definition) is 5. The summed E-state index contributed by atoms with van der Waals surface area (Å²) >= 11 is 0. The van der Waals surface area contributed by atoms with Gasteiger partial charge in [-0.2, -0.15) is 10.1 Å². The Morgan fingerprint density at radius 2 is 1.79 bits per heavy atom. The maximum Gasteiger partial charge on any atom is 0.265 e. The molecule has 2 N–H and O–H groups in total. The van der Waals surface area contributed by atoms with Crippen molar-refractivity contribution >= 4 is 34.2 Å². The highest BCUT2D eigenvalue weighted by Gasteiger charge is 2.08. The van der Waals surface area contributed by atoms with Gasteiger partial charge in [0.15, 0.2) is 5.65 Å². The minimum atomic E-state index is 0.356. The van der Waals surface area contributed by atoms with E-state index < -0.39 is 0 Å². The molecule has 24 heavy (non-hydrogen) atoms. The number of benzene rings is 2. The molecule has 6 heteroatoms. The van der Waals surface area contributed by atoms with E-state index in [0.29, 0.717) is 11.6 Å². The zero-order valence-electron chi connectivity index (χ0n) is 13.4. The van der Waals surface area contributed by atoms with Crippen molar-refractivity contribution in [3.63, 3.8) is 0 Å². The third kappa shape index (κ3) is 2.69. The number of hydrogen-bond donors (Lipinski definition) is 2. The molecule has 0 radical (unpaired) electrons. The van der Waals surface area contributed by atoms with Crippen LogP contribution in [-0.4, -0.2) is 26.4 Å². The largest absolute Gasteiger partial charge is 0.338 e. The molecule has 118 valence electrons. The average Bonchev–Trinajstić information content (AvgIpc) is 2.94. The molecule has 0 aliphatic heterocycles. The van der Waals surface area contributed by atoms with E-state index in [1.54, 1.807) is 6.21 Å². The van der Waals surface area contributed by atoms with Gasteiger partial charge in [0.05, 0.1) is 6.21 Å². The molecule has 0 aliphatic rings.